The van der Waals surface area contributed by atoms with Gasteiger partial charge in [0.05, 0.1) is 4.92 Å². The fourth-order valence-corrected chi connectivity index (χ4v) is 3.43. The zero-order valence-corrected chi connectivity index (χ0v) is 13.3. The third kappa shape index (κ3) is 3.08. The number of carbonyl (C=O) groups excluding carboxylic acids is 1. The summed E-state index contributed by atoms with van der Waals surface area (Å²) in [5.74, 6) is -0.0921. The summed E-state index contributed by atoms with van der Waals surface area (Å²) in [6.07, 6.45) is 2.12. The number of amides is 1. The second-order valence-corrected chi connectivity index (χ2v) is 6.22. The predicted molar refractivity (Wildman–Crippen MR) is 85.5 cm³/mol. The van der Waals surface area contributed by atoms with Crippen molar-refractivity contribution in [2.45, 2.75) is 19.8 Å². The Labute approximate surface area is 135 Å². The van der Waals surface area contributed by atoms with Crippen LogP contribution in [0.2, 0.25) is 0 Å². The second-order valence-electron chi connectivity index (χ2n) is 6.22. The Morgan fingerprint density at radius 3 is 2.77 bits per heavy atom. The van der Waals surface area contributed by atoms with E-state index in [-0.39, 0.29) is 29.4 Å². The molecule has 0 aliphatic carbocycles. The molecule has 1 atom stereocenters. The van der Waals surface area contributed by atoms with E-state index in [1.807, 2.05) is 4.90 Å². The number of carbonyl (C=O) groups is 1. The van der Waals surface area contributed by atoms with Crippen LogP contribution in [0.1, 0.15) is 28.8 Å². The van der Waals surface area contributed by atoms with Gasteiger partial charge in [-0.15, -0.1) is 12.4 Å². The molecule has 6 nitrogen and oxygen atoms in total. The smallest absolute Gasteiger partial charge is 0.270 e. The van der Waals surface area contributed by atoms with E-state index < -0.39 is 4.92 Å². The lowest BCUT2D eigenvalue weighted by Crippen LogP contribution is -2.33. The zero-order valence-electron chi connectivity index (χ0n) is 12.5. The van der Waals surface area contributed by atoms with Gasteiger partial charge in [0, 0.05) is 42.7 Å². The van der Waals surface area contributed by atoms with E-state index in [4.69, 9.17) is 0 Å². The SMILES string of the molecule is Cc1cc(C(=O)N2CCC3(CCNC3)C2)cc([N+](=O)[O-])c1.Cl. The van der Waals surface area contributed by atoms with Crippen molar-refractivity contribution in [3.8, 4) is 0 Å². The maximum Gasteiger partial charge on any atom is 0.270 e. The molecule has 0 radical (unpaired) electrons. The van der Waals surface area contributed by atoms with Crippen molar-refractivity contribution in [1.29, 1.82) is 0 Å². The number of hydrogen-bond donors (Lipinski definition) is 1. The lowest BCUT2D eigenvalue weighted by Gasteiger charge is -2.22. The van der Waals surface area contributed by atoms with Crippen LogP contribution in [0.4, 0.5) is 5.69 Å². The number of likely N-dealkylation sites (tertiary alicyclic amines) is 1. The number of halogens is 1. The molecule has 2 heterocycles. The molecule has 1 amide bonds. The molecule has 120 valence electrons. The third-order valence-corrected chi connectivity index (χ3v) is 4.58. The first-order chi connectivity index (χ1) is 9.99. The van der Waals surface area contributed by atoms with E-state index in [1.165, 1.54) is 12.1 Å². The highest BCUT2D eigenvalue weighted by molar-refractivity contribution is 5.95. The van der Waals surface area contributed by atoms with Crippen molar-refractivity contribution < 1.29 is 9.72 Å². The Morgan fingerprint density at radius 2 is 2.14 bits per heavy atom. The van der Waals surface area contributed by atoms with Crippen molar-refractivity contribution in [1.82, 2.24) is 10.2 Å². The van der Waals surface area contributed by atoms with Gasteiger partial charge in [0.1, 0.15) is 0 Å². The Bertz CT molecular complexity index is 600. The average molecular weight is 326 g/mol. The number of benzene rings is 1. The summed E-state index contributed by atoms with van der Waals surface area (Å²) >= 11 is 0. The molecule has 2 fully saturated rings. The minimum atomic E-state index is -0.448. The third-order valence-electron chi connectivity index (χ3n) is 4.58. The summed E-state index contributed by atoms with van der Waals surface area (Å²) < 4.78 is 0. The second kappa shape index (κ2) is 6.22. The lowest BCUT2D eigenvalue weighted by molar-refractivity contribution is -0.384. The number of hydrogen-bond acceptors (Lipinski definition) is 4. The van der Waals surface area contributed by atoms with Crippen LogP contribution < -0.4 is 5.32 Å². The highest BCUT2D eigenvalue weighted by atomic mass is 35.5. The van der Waals surface area contributed by atoms with Gasteiger partial charge in [-0.1, -0.05) is 0 Å². The van der Waals surface area contributed by atoms with Crippen LogP contribution in [0.15, 0.2) is 18.2 Å². The molecule has 2 saturated heterocycles. The monoisotopic (exact) mass is 325 g/mol. The fraction of sp³-hybridized carbons (Fsp3) is 0.533. The Balaban J connectivity index is 0.00000176. The van der Waals surface area contributed by atoms with Crippen LogP contribution in [0.3, 0.4) is 0 Å². The summed E-state index contributed by atoms with van der Waals surface area (Å²) in [5.41, 5.74) is 1.36. The molecule has 2 aliphatic rings. The van der Waals surface area contributed by atoms with Crippen molar-refractivity contribution >= 4 is 24.0 Å². The molecule has 7 heteroatoms. The minimum Gasteiger partial charge on any atom is -0.338 e. The van der Waals surface area contributed by atoms with Gasteiger partial charge < -0.3 is 10.2 Å². The van der Waals surface area contributed by atoms with Crippen LogP contribution in [0.5, 0.6) is 0 Å². The van der Waals surface area contributed by atoms with Gasteiger partial charge in [0.25, 0.3) is 11.6 Å². The number of nitro groups is 1. The molecule has 1 spiro atoms. The van der Waals surface area contributed by atoms with Crippen molar-refractivity contribution in [2.24, 2.45) is 5.41 Å². The maximum atomic E-state index is 12.6. The fourth-order valence-electron chi connectivity index (χ4n) is 3.43. The average Bonchev–Trinajstić information content (AvgIpc) is 3.08. The molecule has 0 saturated carbocycles. The first-order valence-electron chi connectivity index (χ1n) is 7.25. The highest BCUT2D eigenvalue weighted by Crippen LogP contribution is 2.36. The van der Waals surface area contributed by atoms with Crippen LogP contribution >= 0.6 is 12.4 Å². The molecular weight excluding hydrogens is 306 g/mol. The quantitative estimate of drug-likeness (QED) is 0.667. The molecule has 2 aliphatic heterocycles. The molecule has 3 rings (SSSR count). The molecule has 1 unspecified atom stereocenters. The summed E-state index contributed by atoms with van der Waals surface area (Å²) in [5, 5.41) is 14.3. The largest absolute Gasteiger partial charge is 0.338 e. The number of rotatable bonds is 2. The predicted octanol–water partition coefficient (Wildman–Crippen LogP) is 2.15. The van der Waals surface area contributed by atoms with E-state index in [9.17, 15) is 14.9 Å². The molecule has 1 aromatic carbocycles. The Morgan fingerprint density at radius 1 is 1.36 bits per heavy atom. The summed E-state index contributed by atoms with van der Waals surface area (Å²) in [6.45, 7) is 5.24. The number of nitrogens with one attached hydrogen (secondary N) is 1. The number of nitrogens with zero attached hydrogens (tertiary/aromatic N) is 2. The van der Waals surface area contributed by atoms with Crippen molar-refractivity contribution in [2.75, 3.05) is 26.2 Å². The van der Waals surface area contributed by atoms with Crippen LogP contribution in [0.25, 0.3) is 0 Å². The van der Waals surface area contributed by atoms with E-state index in [2.05, 4.69) is 5.32 Å². The molecular formula is C15H20ClN3O3. The topological polar surface area (TPSA) is 75.5 Å². The summed E-state index contributed by atoms with van der Waals surface area (Å²) in [7, 11) is 0. The summed E-state index contributed by atoms with van der Waals surface area (Å²) in [6, 6.07) is 4.60. The van der Waals surface area contributed by atoms with Gasteiger partial charge in [0.15, 0.2) is 0 Å². The van der Waals surface area contributed by atoms with E-state index >= 15 is 0 Å². The number of nitro benzene ring substituents is 1. The Kier molecular flexibility index (Phi) is 4.72. The van der Waals surface area contributed by atoms with Crippen LogP contribution in [0, 0.1) is 22.5 Å². The highest BCUT2D eigenvalue weighted by Gasteiger charge is 2.42. The lowest BCUT2D eigenvalue weighted by atomic mass is 9.86. The van der Waals surface area contributed by atoms with Crippen LogP contribution in [-0.4, -0.2) is 41.9 Å². The van der Waals surface area contributed by atoms with Gasteiger partial charge in [-0.2, -0.15) is 0 Å². The van der Waals surface area contributed by atoms with Gasteiger partial charge >= 0.3 is 0 Å². The van der Waals surface area contributed by atoms with Gasteiger partial charge in [-0.3, -0.25) is 14.9 Å². The normalized spacial score (nSPS) is 23.6. The van der Waals surface area contributed by atoms with Gasteiger partial charge in [-0.05, 0) is 37.9 Å². The van der Waals surface area contributed by atoms with Crippen molar-refractivity contribution in [3.63, 3.8) is 0 Å². The minimum absolute atomic E-state index is 0. The number of non-ortho nitro benzene ring substituents is 1. The number of aryl methyl sites for hydroxylation is 1. The summed E-state index contributed by atoms with van der Waals surface area (Å²) in [4.78, 5) is 24.9. The van der Waals surface area contributed by atoms with E-state index in [0.29, 0.717) is 5.56 Å². The molecule has 0 aromatic heterocycles. The standard InChI is InChI=1S/C15H19N3O3.ClH/c1-11-6-12(8-13(7-11)18(20)21)14(19)17-5-3-15(10-17)2-4-16-9-15;/h6-8,16H,2-5,9-10H2,1H3;1H. The van der Waals surface area contributed by atoms with E-state index in [0.717, 1.165) is 44.6 Å². The van der Waals surface area contributed by atoms with Gasteiger partial charge in [0.2, 0.25) is 0 Å². The maximum absolute atomic E-state index is 12.6. The first kappa shape index (κ1) is 16.7. The zero-order chi connectivity index (χ0) is 15.0. The Hall–Kier alpha value is -1.66. The molecule has 1 aromatic rings. The van der Waals surface area contributed by atoms with Crippen molar-refractivity contribution in [3.05, 3.63) is 39.4 Å². The first-order valence-corrected chi connectivity index (χ1v) is 7.25. The van der Waals surface area contributed by atoms with Crippen LogP contribution in [-0.2, 0) is 0 Å². The molecule has 0 bridgehead atoms. The molecule has 1 N–H and O–H groups in total. The van der Waals surface area contributed by atoms with Gasteiger partial charge in [-0.25, -0.2) is 0 Å². The molecule has 22 heavy (non-hydrogen) atoms. The van der Waals surface area contributed by atoms with E-state index in [1.54, 1.807) is 13.0 Å².